The van der Waals surface area contributed by atoms with Gasteiger partial charge in [-0.2, -0.15) is 0 Å². The van der Waals surface area contributed by atoms with Gasteiger partial charge in [0.2, 0.25) is 0 Å². The number of nitrogens with one attached hydrogen (secondary N) is 1. The van der Waals surface area contributed by atoms with Crippen molar-refractivity contribution >= 4 is 63.5 Å². The molecule has 2 atom stereocenters. The van der Waals surface area contributed by atoms with Crippen molar-refractivity contribution in [3.8, 4) is 0 Å². The molecule has 1 aromatic heterocycles. The van der Waals surface area contributed by atoms with Crippen LogP contribution in [0.5, 0.6) is 0 Å². The Morgan fingerprint density at radius 1 is 1.45 bits per heavy atom. The molecule has 0 aliphatic carbocycles. The van der Waals surface area contributed by atoms with Crippen LogP contribution in [0.2, 0.25) is 0 Å². The third-order valence-electron chi connectivity index (χ3n) is 5.42. The summed E-state index contributed by atoms with van der Waals surface area (Å²) in [6, 6.07) is -0.878. The van der Waals surface area contributed by atoms with Crippen LogP contribution in [0, 0.1) is 5.92 Å². The molecule has 2 amide bonds. The zero-order chi connectivity index (χ0) is 23.5. The predicted octanol–water partition coefficient (Wildman–Crippen LogP) is 0.932. The lowest BCUT2D eigenvalue weighted by atomic mass is 10.0. The number of carbonyl (C=O) groups excluding carboxylic acids is 2. The molecule has 0 spiro atoms. The van der Waals surface area contributed by atoms with Crippen LogP contribution in [0.3, 0.4) is 0 Å². The molecule has 4 N–H and O–H groups in total. The van der Waals surface area contributed by atoms with Crippen molar-refractivity contribution in [1.82, 2.24) is 15.2 Å². The molecule has 3 aliphatic rings. The number of anilines is 1. The molecule has 2 saturated heterocycles. The van der Waals surface area contributed by atoms with Crippen LogP contribution in [0.4, 0.5) is 5.13 Å². The summed E-state index contributed by atoms with van der Waals surface area (Å²) in [6.45, 7) is 1.45. The van der Waals surface area contributed by atoms with Crippen molar-refractivity contribution in [1.29, 1.82) is 0 Å². The number of amides is 2. The summed E-state index contributed by atoms with van der Waals surface area (Å²) in [6.07, 6.45) is 1.90. The summed E-state index contributed by atoms with van der Waals surface area (Å²) < 4.78 is 5.38. The van der Waals surface area contributed by atoms with Crippen LogP contribution in [0.1, 0.15) is 18.5 Å². The van der Waals surface area contributed by atoms with Crippen LogP contribution < -0.4 is 11.1 Å². The number of aliphatic carboxylic acids is 1. The van der Waals surface area contributed by atoms with Gasteiger partial charge in [-0.15, -0.1) is 34.9 Å². The molecule has 178 valence electrons. The van der Waals surface area contributed by atoms with Gasteiger partial charge in [-0.25, -0.2) is 9.78 Å². The van der Waals surface area contributed by atoms with Crippen molar-refractivity contribution < 1.29 is 29.1 Å². The molecule has 0 radical (unpaired) electrons. The number of β-lactam (4-membered cyclic amide) rings is 1. The molecule has 11 nitrogen and oxygen atoms in total. The topological polar surface area (TPSA) is 156 Å². The van der Waals surface area contributed by atoms with Crippen LogP contribution in [-0.4, -0.2) is 81.7 Å². The zero-order valence-corrected chi connectivity index (χ0v) is 20.1. The first-order chi connectivity index (χ1) is 15.9. The number of ether oxygens (including phenoxy) is 1. The lowest BCUT2D eigenvalue weighted by molar-refractivity contribution is -0.150. The fourth-order valence-electron chi connectivity index (χ4n) is 3.73. The Kier molecular flexibility index (Phi) is 7.46. The highest BCUT2D eigenvalue weighted by molar-refractivity contribution is 8.06. The number of hydrogen-bond donors (Lipinski definition) is 3. The minimum atomic E-state index is -1.15. The fourth-order valence-corrected chi connectivity index (χ4v) is 7.11. The fraction of sp³-hybridized carbons (Fsp3) is 0.526. The van der Waals surface area contributed by atoms with Crippen molar-refractivity contribution in [2.75, 3.05) is 37.6 Å². The van der Waals surface area contributed by atoms with Gasteiger partial charge in [-0.1, -0.05) is 5.16 Å². The van der Waals surface area contributed by atoms with Crippen LogP contribution in [0.25, 0.3) is 0 Å². The van der Waals surface area contributed by atoms with Crippen LogP contribution >= 0.6 is 34.9 Å². The van der Waals surface area contributed by atoms with E-state index in [0.717, 1.165) is 43.1 Å². The molecule has 0 bridgehead atoms. The van der Waals surface area contributed by atoms with E-state index in [1.54, 1.807) is 5.38 Å². The van der Waals surface area contributed by atoms with E-state index in [0.29, 0.717) is 16.6 Å². The minimum absolute atomic E-state index is 0.00404. The normalized spacial score (nSPS) is 23.7. The molecule has 0 aromatic carbocycles. The second-order valence-electron chi connectivity index (χ2n) is 7.50. The molecular formula is C19H23N5O6S3. The second-order valence-corrected chi connectivity index (χ2v) is 10.6. The number of fused-ring (bicyclic) bond motifs is 1. The maximum atomic E-state index is 12.9. The van der Waals surface area contributed by atoms with E-state index < -0.39 is 29.2 Å². The lowest BCUT2D eigenvalue weighted by Crippen LogP contribution is -2.71. The Hall–Kier alpha value is -2.29. The van der Waals surface area contributed by atoms with Gasteiger partial charge in [0.05, 0.1) is 0 Å². The first kappa shape index (κ1) is 23.9. The molecule has 1 unspecified atom stereocenters. The van der Waals surface area contributed by atoms with E-state index in [4.69, 9.17) is 15.3 Å². The van der Waals surface area contributed by atoms with Gasteiger partial charge < -0.3 is 25.7 Å². The predicted molar refractivity (Wildman–Crippen MR) is 126 cm³/mol. The second kappa shape index (κ2) is 10.3. The highest BCUT2D eigenvalue weighted by Crippen LogP contribution is 2.44. The SMILES string of the molecule is CON=C(C(=O)NC1C(=O)N2C(C(=O)O)=C(SCC3CCOCC3)CS[C@@H]12)c1csc(N)n1. The third kappa shape index (κ3) is 4.98. The monoisotopic (exact) mass is 513 g/mol. The Bertz CT molecular complexity index is 1010. The van der Waals surface area contributed by atoms with Crippen LogP contribution in [0.15, 0.2) is 21.1 Å². The van der Waals surface area contributed by atoms with E-state index in [1.807, 2.05) is 0 Å². The standard InChI is InChI=1S/C19H23N5O6S3/c1-29-23-12(10-7-33-19(20)21-10)15(25)22-13-16(26)24-14(18(27)28)11(8-32-17(13)24)31-6-9-2-4-30-5-3-9/h7,9,13,17H,2-6,8H2,1H3,(H2,20,21)(H,22,25)(H,27,28)/t13?,17-/m0/s1. The van der Waals surface area contributed by atoms with Gasteiger partial charge in [0.15, 0.2) is 10.8 Å². The summed E-state index contributed by atoms with van der Waals surface area (Å²) in [5.41, 5.74) is 5.76. The molecule has 0 saturated carbocycles. The van der Waals surface area contributed by atoms with Crippen molar-refractivity contribution in [3.63, 3.8) is 0 Å². The summed E-state index contributed by atoms with van der Waals surface area (Å²) >= 11 is 4.06. The quantitative estimate of drug-likeness (QED) is 0.260. The maximum Gasteiger partial charge on any atom is 0.353 e. The summed E-state index contributed by atoms with van der Waals surface area (Å²) in [5, 5.41) is 17.5. The number of rotatable bonds is 8. The largest absolute Gasteiger partial charge is 0.477 e. The summed E-state index contributed by atoms with van der Waals surface area (Å²) in [4.78, 5) is 48.4. The minimum Gasteiger partial charge on any atom is -0.477 e. The van der Waals surface area contributed by atoms with Gasteiger partial charge in [0.1, 0.15) is 29.9 Å². The first-order valence-electron chi connectivity index (χ1n) is 10.2. The number of nitrogens with two attached hydrogens (primary N) is 1. The Morgan fingerprint density at radius 2 is 2.21 bits per heavy atom. The highest BCUT2D eigenvalue weighted by atomic mass is 32.2. The van der Waals surface area contributed by atoms with E-state index >= 15 is 0 Å². The van der Waals surface area contributed by atoms with Gasteiger partial charge in [-0.05, 0) is 18.8 Å². The molecule has 4 heterocycles. The number of oxime groups is 1. The number of aromatic nitrogens is 1. The summed E-state index contributed by atoms with van der Waals surface area (Å²) in [5.74, 6) is -0.564. The third-order valence-corrected chi connectivity index (χ3v) is 8.88. The van der Waals surface area contributed by atoms with Crippen molar-refractivity contribution in [2.24, 2.45) is 11.1 Å². The van der Waals surface area contributed by atoms with Gasteiger partial charge >= 0.3 is 5.97 Å². The molecule has 33 heavy (non-hydrogen) atoms. The molecular weight excluding hydrogens is 490 g/mol. The van der Waals surface area contributed by atoms with Gasteiger partial charge in [0, 0.05) is 35.0 Å². The first-order valence-corrected chi connectivity index (χ1v) is 13.1. The summed E-state index contributed by atoms with van der Waals surface area (Å²) in [7, 11) is 1.29. The van der Waals surface area contributed by atoms with Crippen LogP contribution in [-0.2, 0) is 24.0 Å². The number of thiazole rings is 1. The number of hydrogen-bond acceptors (Lipinski definition) is 11. The zero-order valence-electron chi connectivity index (χ0n) is 17.7. The maximum absolute atomic E-state index is 12.9. The van der Waals surface area contributed by atoms with Crippen molar-refractivity contribution in [2.45, 2.75) is 24.3 Å². The molecule has 3 aliphatic heterocycles. The average Bonchev–Trinajstić information content (AvgIpc) is 3.25. The van der Waals surface area contributed by atoms with Gasteiger partial charge in [0.25, 0.3) is 11.8 Å². The average molecular weight is 514 g/mol. The number of thioether (sulfide) groups is 2. The van der Waals surface area contributed by atoms with E-state index in [-0.39, 0.29) is 22.2 Å². The number of carboxylic acids is 1. The molecule has 1 aromatic rings. The number of nitrogens with zero attached hydrogens (tertiary/aromatic N) is 3. The number of nitrogen functional groups attached to an aromatic ring is 1. The number of carbonyl (C=O) groups is 3. The van der Waals surface area contributed by atoms with Gasteiger partial charge in [-0.3, -0.25) is 14.5 Å². The highest BCUT2D eigenvalue weighted by Gasteiger charge is 2.54. The van der Waals surface area contributed by atoms with E-state index in [2.05, 4.69) is 15.5 Å². The molecule has 2 fully saturated rings. The smallest absolute Gasteiger partial charge is 0.353 e. The van der Waals surface area contributed by atoms with E-state index in [1.165, 1.54) is 35.5 Å². The molecule has 4 rings (SSSR count). The Balaban J connectivity index is 1.45. The lowest BCUT2D eigenvalue weighted by Gasteiger charge is -2.49. The number of carboxylic acid groups (broad SMARTS) is 1. The Morgan fingerprint density at radius 3 is 2.85 bits per heavy atom. The molecule has 14 heteroatoms. The van der Waals surface area contributed by atoms with Crippen molar-refractivity contribution in [3.05, 3.63) is 21.7 Å². The van der Waals surface area contributed by atoms with E-state index in [9.17, 15) is 19.5 Å². The Labute approximate surface area is 202 Å².